The maximum atomic E-state index is 11.1. The lowest BCUT2D eigenvalue weighted by Crippen LogP contribution is -2.38. The quantitative estimate of drug-likeness (QED) is 0.674. The van der Waals surface area contributed by atoms with Gasteiger partial charge in [-0.05, 0) is 19.0 Å². The molecule has 4 heteroatoms. The Labute approximate surface area is 83.0 Å². The SMILES string of the molecule is CN[C@@H](Cc1ccccc1)C(=O)ON. The van der Waals surface area contributed by atoms with E-state index in [1.165, 1.54) is 0 Å². The van der Waals surface area contributed by atoms with Crippen LogP contribution in [0.15, 0.2) is 30.3 Å². The number of carbonyl (C=O) groups excluding carboxylic acids is 1. The largest absolute Gasteiger partial charge is 0.372 e. The van der Waals surface area contributed by atoms with Gasteiger partial charge < -0.3 is 10.2 Å². The van der Waals surface area contributed by atoms with Crippen LogP contribution in [0.1, 0.15) is 5.56 Å². The van der Waals surface area contributed by atoms with Crippen LogP contribution in [0.25, 0.3) is 0 Å². The highest BCUT2D eigenvalue weighted by molar-refractivity contribution is 5.75. The minimum Gasteiger partial charge on any atom is -0.372 e. The van der Waals surface area contributed by atoms with E-state index in [1.807, 2.05) is 30.3 Å². The van der Waals surface area contributed by atoms with Gasteiger partial charge in [-0.1, -0.05) is 30.3 Å². The second kappa shape index (κ2) is 5.36. The zero-order valence-corrected chi connectivity index (χ0v) is 8.07. The number of hydrogen-bond donors (Lipinski definition) is 2. The fourth-order valence-electron chi connectivity index (χ4n) is 1.24. The van der Waals surface area contributed by atoms with Crippen LogP contribution in [0.4, 0.5) is 0 Å². The summed E-state index contributed by atoms with van der Waals surface area (Å²) in [7, 11) is 1.70. The van der Waals surface area contributed by atoms with Crippen molar-refractivity contribution in [2.45, 2.75) is 12.5 Å². The molecule has 0 heterocycles. The highest BCUT2D eigenvalue weighted by Crippen LogP contribution is 2.03. The minimum atomic E-state index is -0.448. The second-order valence-electron chi connectivity index (χ2n) is 2.97. The normalized spacial score (nSPS) is 12.1. The summed E-state index contributed by atoms with van der Waals surface area (Å²) in [5, 5.41) is 2.85. The van der Waals surface area contributed by atoms with E-state index in [4.69, 9.17) is 5.90 Å². The van der Waals surface area contributed by atoms with E-state index >= 15 is 0 Å². The number of nitrogens with one attached hydrogen (secondary N) is 1. The van der Waals surface area contributed by atoms with E-state index < -0.39 is 5.97 Å². The Bertz CT molecular complexity index is 287. The van der Waals surface area contributed by atoms with Gasteiger partial charge in [0.1, 0.15) is 6.04 Å². The average molecular weight is 194 g/mol. The van der Waals surface area contributed by atoms with Gasteiger partial charge in [0.2, 0.25) is 0 Å². The molecule has 1 rings (SSSR count). The maximum absolute atomic E-state index is 11.1. The molecule has 4 nitrogen and oxygen atoms in total. The number of rotatable bonds is 4. The summed E-state index contributed by atoms with van der Waals surface area (Å²) in [6.45, 7) is 0. The lowest BCUT2D eigenvalue weighted by atomic mass is 10.1. The molecule has 1 aromatic rings. The molecule has 0 saturated heterocycles. The van der Waals surface area contributed by atoms with Gasteiger partial charge in [-0.3, -0.25) is 0 Å². The van der Waals surface area contributed by atoms with Crippen molar-refractivity contribution in [3.05, 3.63) is 35.9 Å². The Morgan fingerprint density at radius 2 is 2.14 bits per heavy atom. The Hall–Kier alpha value is -1.39. The summed E-state index contributed by atoms with van der Waals surface area (Å²) in [5.41, 5.74) is 1.07. The Morgan fingerprint density at radius 1 is 1.50 bits per heavy atom. The summed E-state index contributed by atoms with van der Waals surface area (Å²) in [6, 6.07) is 9.30. The predicted octanol–water partition coefficient (Wildman–Crippen LogP) is 0.234. The van der Waals surface area contributed by atoms with E-state index in [9.17, 15) is 4.79 Å². The van der Waals surface area contributed by atoms with Crippen molar-refractivity contribution in [2.75, 3.05) is 7.05 Å². The molecule has 14 heavy (non-hydrogen) atoms. The molecule has 0 radical (unpaired) electrons. The van der Waals surface area contributed by atoms with E-state index in [1.54, 1.807) is 7.05 Å². The average Bonchev–Trinajstić information content (AvgIpc) is 2.26. The summed E-state index contributed by atoms with van der Waals surface area (Å²) in [5.74, 6) is 4.36. The van der Waals surface area contributed by atoms with Crippen molar-refractivity contribution in [1.82, 2.24) is 5.32 Å². The van der Waals surface area contributed by atoms with Gasteiger partial charge in [-0.2, -0.15) is 5.90 Å². The van der Waals surface area contributed by atoms with Crippen molar-refractivity contribution in [1.29, 1.82) is 0 Å². The number of likely N-dealkylation sites (N-methyl/N-ethyl adjacent to an activating group) is 1. The monoisotopic (exact) mass is 194 g/mol. The zero-order valence-electron chi connectivity index (χ0n) is 8.07. The van der Waals surface area contributed by atoms with Gasteiger partial charge in [-0.15, -0.1) is 0 Å². The molecular weight excluding hydrogens is 180 g/mol. The number of carbonyl (C=O) groups is 1. The molecule has 0 bridgehead atoms. The van der Waals surface area contributed by atoms with Crippen molar-refractivity contribution in [3.63, 3.8) is 0 Å². The fraction of sp³-hybridized carbons (Fsp3) is 0.300. The molecule has 0 aliphatic rings. The summed E-state index contributed by atoms with van der Waals surface area (Å²) in [6.07, 6.45) is 0.577. The van der Waals surface area contributed by atoms with Crippen LogP contribution in [0.5, 0.6) is 0 Å². The van der Waals surface area contributed by atoms with Crippen molar-refractivity contribution in [3.8, 4) is 0 Å². The third-order valence-electron chi connectivity index (χ3n) is 2.03. The first kappa shape index (κ1) is 10.7. The topological polar surface area (TPSA) is 64.3 Å². The fourth-order valence-corrected chi connectivity index (χ4v) is 1.24. The summed E-state index contributed by atoms with van der Waals surface area (Å²) >= 11 is 0. The number of nitrogens with two attached hydrogens (primary N) is 1. The first-order valence-corrected chi connectivity index (χ1v) is 4.39. The Morgan fingerprint density at radius 3 is 2.64 bits per heavy atom. The number of hydrogen-bond acceptors (Lipinski definition) is 4. The minimum absolute atomic E-state index is 0.387. The third-order valence-corrected chi connectivity index (χ3v) is 2.03. The van der Waals surface area contributed by atoms with Gasteiger partial charge in [0.05, 0.1) is 0 Å². The van der Waals surface area contributed by atoms with E-state index in [2.05, 4.69) is 10.2 Å². The molecule has 3 N–H and O–H groups in total. The summed E-state index contributed by atoms with van der Waals surface area (Å²) < 4.78 is 0. The van der Waals surface area contributed by atoms with Crippen LogP contribution in [0.2, 0.25) is 0 Å². The van der Waals surface area contributed by atoms with Crippen LogP contribution in [-0.4, -0.2) is 19.1 Å². The molecule has 0 amide bonds. The molecule has 0 aromatic heterocycles. The molecule has 0 aliphatic carbocycles. The van der Waals surface area contributed by atoms with Crippen LogP contribution in [-0.2, 0) is 16.1 Å². The van der Waals surface area contributed by atoms with Gasteiger partial charge in [-0.25, -0.2) is 4.79 Å². The van der Waals surface area contributed by atoms with Gasteiger partial charge >= 0.3 is 5.97 Å². The maximum Gasteiger partial charge on any atom is 0.341 e. The van der Waals surface area contributed by atoms with Gasteiger partial charge in [0.25, 0.3) is 0 Å². The standard InChI is InChI=1S/C10H14N2O2/c1-12-9(10(13)14-11)7-8-5-3-2-4-6-8/h2-6,9,12H,7,11H2,1H3/t9-/m0/s1. The molecule has 0 unspecified atom stereocenters. The summed E-state index contributed by atoms with van der Waals surface area (Å²) in [4.78, 5) is 15.3. The highest BCUT2D eigenvalue weighted by Gasteiger charge is 2.17. The van der Waals surface area contributed by atoms with Gasteiger partial charge in [0.15, 0.2) is 0 Å². The molecule has 0 fully saturated rings. The predicted molar refractivity (Wildman–Crippen MR) is 53.3 cm³/mol. The first-order chi connectivity index (χ1) is 6.77. The molecule has 76 valence electrons. The van der Waals surface area contributed by atoms with E-state index in [0.717, 1.165) is 5.56 Å². The van der Waals surface area contributed by atoms with Crippen LogP contribution in [0, 0.1) is 0 Å². The third kappa shape index (κ3) is 2.83. The Balaban J connectivity index is 2.62. The lowest BCUT2D eigenvalue weighted by molar-refractivity contribution is -0.146. The molecule has 0 aliphatic heterocycles. The molecule has 1 aromatic carbocycles. The van der Waals surface area contributed by atoms with Gasteiger partial charge in [0, 0.05) is 0 Å². The first-order valence-electron chi connectivity index (χ1n) is 4.39. The second-order valence-corrected chi connectivity index (χ2v) is 2.97. The van der Waals surface area contributed by atoms with Crippen LogP contribution < -0.4 is 11.2 Å². The van der Waals surface area contributed by atoms with Crippen LogP contribution >= 0.6 is 0 Å². The van der Waals surface area contributed by atoms with E-state index in [0.29, 0.717) is 6.42 Å². The molecule has 0 saturated carbocycles. The van der Waals surface area contributed by atoms with Crippen molar-refractivity contribution in [2.24, 2.45) is 5.90 Å². The molecule has 1 atom stereocenters. The zero-order chi connectivity index (χ0) is 10.4. The molecule has 0 spiro atoms. The van der Waals surface area contributed by atoms with Crippen molar-refractivity contribution < 1.29 is 9.63 Å². The lowest BCUT2D eigenvalue weighted by Gasteiger charge is -2.12. The Kier molecular flexibility index (Phi) is 4.10. The number of benzene rings is 1. The smallest absolute Gasteiger partial charge is 0.341 e. The molecular formula is C10H14N2O2. The van der Waals surface area contributed by atoms with E-state index in [-0.39, 0.29) is 6.04 Å². The highest BCUT2D eigenvalue weighted by atomic mass is 16.7. The van der Waals surface area contributed by atoms with Crippen molar-refractivity contribution >= 4 is 5.97 Å². The van der Waals surface area contributed by atoms with Crippen LogP contribution in [0.3, 0.4) is 0 Å².